The van der Waals surface area contributed by atoms with Gasteiger partial charge in [0.15, 0.2) is 0 Å². The maximum absolute atomic E-state index is 13.7. The van der Waals surface area contributed by atoms with Gasteiger partial charge >= 0.3 is 18.2 Å². The number of halogens is 4. The van der Waals surface area contributed by atoms with Crippen molar-refractivity contribution in [2.75, 3.05) is 31.2 Å². The van der Waals surface area contributed by atoms with Crippen molar-refractivity contribution in [3.63, 3.8) is 0 Å². The monoisotopic (exact) mass is 582 g/mol. The Hall–Kier alpha value is -3.51. The Labute approximate surface area is 234 Å². The summed E-state index contributed by atoms with van der Waals surface area (Å²) in [6.07, 6.45) is 0.460. The molecule has 1 aliphatic carbocycles. The molecule has 1 saturated heterocycles. The molecule has 2 fully saturated rings. The molecule has 1 atom stereocenters. The van der Waals surface area contributed by atoms with Crippen LogP contribution in [0.3, 0.4) is 0 Å². The van der Waals surface area contributed by atoms with Crippen molar-refractivity contribution in [1.29, 1.82) is 0 Å². The van der Waals surface area contributed by atoms with E-state index in [2.05, 4.69) is 15.1 Å². The largest absolute Gasteiger partial charge is 0.508 e. The highest BCUT2D eigenvalue weighted by molar-refractivity contribution is 6.30. The number of hydrogen-bond acceptors (Lipinski definition) is 6. The van der Waals surface area contributed by atoms with E-state index in [-0.39, 0.29) is 27.1 Å². The fraction of sp³-hybridized carbons (Fsp3) is 0.444. The first-order valence-corrected chi connectivity index (χ1v) is 13.4. The molecule has 4 rings (SSSR count). The van der Waals surface area contributed by atoms with Gasteiger partial charge in [-0.1, -0.05) is 43.0 Å². The number of phenolic OH excluding ortho intramolecular Hbond substituents is 1. The van der Waals surface area contributed by atoms with Gasteiger partial charge in [-0.05, 0) is 54.8 Å². The quantitative estimate of drug-likeness (QED) is 0.491. The number of rotatable bonds is 5. The van der Waals surface area contributed by atoms with Gasteiger partial charge in [0.25, 0.3) is 0 Å². The highest BCUT2D eigenvalue weighted by Crippen LogP contribution is 2.27. The standard InChI is InChI=1S/C27H30ClF3N4O5/c28-19-8-10-21(11-9-19)35(40-25(38)27(29,30)31)26(39)32-23(18-6-12-22(36)13-7-18)24(37)34-16-14-33(15-17-34)20-4-2-1-3-5-20/h6-13,20,23,36H,1-5,14-17H2,(H,32,39)/t23-/m1/s1. The molecule has 3 amide bonds. The molecule has 1 heterocycles. The van der Waals surface area contributed by atoms with Crippen LogP contribution in [0.5, 0.6) is 5.75 Å². The average molecular weight is 583 g/mol. The van der Waals surface area contributed by atoms with E-state index < -0.39 is 30.1 Å². The summed E-state index contributed by atoms with van der Waals surface area (Å²) in [5, 5.41) is 12.5. The average Bonchev–Trinajstić information content (AvgIpc) is 2.95. The van der Waals surface area contributed by atoms with Crippen LogP contribution in [0.2, 0.25) is 5.02 Å². The normalized spacial score (nSPS) is 17.6. The van der Waals surface area contributed by atoms with E-state index in [4.69, 9.17) is 11.6 Å². The van der Waals surface area contributed by atoms with Crippen molar-refractivity contribution < 1.29 is 37.5 Å². The summed E-state index contributed by atoms with van der Waals surface area (Å²) in [7, 11) is 0. The molecule has 2 aromatic carbocycles. The summed E-state index contributed by atoms with van der Waals surface area (Å²) in [6, 6.07) is 8.32. The number of nitrogens with one attached hydrogen (secondary N) is 1. The third-order valence-electron chi connectivity index (χ3n) is 7.11. The fourth-order valence-corrected chi connectivity index (χ4v) is 5.12. The second kappa shape index (κ2) is 12.8. The van der Waals surface area contributed by atoms with Gasteiger partial charge in [-0.3, -0.25) is 9.69 Å². The van der Waals surface area contributed by atoms with Crippen LogP contribution in [-0.2, 0) is 14.4 Å². The van der Waals surface area contributed by atoms with E-state index >= 15 is 0 Å². The number of urea groups is 1. The van der Waals surface area contributed by atoms with Gasteiger partial charge in [0.2, 0.25) is 5.91 Å². The van der Waals surface area contributed by atoms with Crippen LogP contribution >= 0.6 is 11.6 Å². The number of phenols is 1. The van der Waals surface area contributed by atoms with Crippen molar-refractivity contribution in [3.05, 3.63) is 59.1 Å². The summed E-state index contributed by atoms with van der Waals surface area (Å²) in [5.74, 6) is -3.19. The third kappa shape index (κ3) is 7.36. The molecule has 2 N–H and O–H groups in total. The van der Waals surface area contributed by atoms with E-state index in [1.54, 1.807) is 4.90 Å². The number of anilines is 1. The summed E-state index contributed by atoms with van der Waals surface area (Å²) in [6.45, 7) is 2.13. The van der Waals surface area contributed by atoms with Crippen LogP contribution in [0.25, 0.3) is 0 Å². The summed E-state index contributed by atoms with van der Waals surface area (Å²) < 4.78 is 39.0. The lowest BCUT2D eigenvalue weighted by molar-refractivity contribution is -0.199. The number of benzene rings is 2. The lowest BCUT2D eigenvalue weighted by Gasteiger charge is -2.41. The first-order chi connectivity index (χ1) is 19.0. The molecule has 2 aliphatic rings. The Morgan fingerprint density at radius 3 is 2.12 bits per heavy atom. The number of aromatic hydroxyl groups is 1. The number of amides is 3. The number of hydrogen-bond donors (Lipinski definition) is 2. The first-order valence-electron chi connectivity index (χ1n) is 13.0. The van der Waals surface area contributed by atoms with Crippen molar-refractivity contribution in [1.82, 2.24) is 15.1 Å². The highest BCUT2D eigenvalue weighted by atomic mass is 35.5. The lowest BCUT2D eigenvalue weighted by atomic mass is 9.93. The van der Waals surface area contributed by atoms with Gasteiger partial charge < -0.3 is 20.2 Å². The van der Waals surface area contributed by atoms with E-state index in [1.807, 2.05) is 0 Å². The lowest BCUT2D eigenvalue weighted by Crippen LogP contribution is -2.55. The molecule has 1 aliphatic heterocycles. The van der Waals surface area contributed by atoms with Crippen LogP contribution < -0.4 is 10.4 Å². The number of nitrogens with zero attached hydrogens (tertiary/aromatic N) is 3. The van der Waals surface area contributed by atoms with Crippen LogP contribution in [-0.4, -0.2) is 71.2 Å². The van der Waals surface area contributed by atoms with Crippen molar-refractivity contribution in [3.8, 4) is 5.75 Å². The van der Waals surface area contributed by atoms with Crippen LogP contribution in [0.4, 0.5) is 23.7 Å². The molecule has 0 unspecified atom stereocenters. The molecular formula is C27H30ClF3N4O5. The molecule has 1 saturated carbocycles. The molecule has 0 radical (unpaired) electrons. The Morgan fingerprint density at radius 1 is 0.950 bits per heavy atom. The zero-order valence-electron chi connectivity index (χ0n) is 21.6. The van der Waals surface area contributed by atoms with Gasteiger partial charge in [-0.15, -0.1) is 5.06 Å². The van der Waals surface area contributed by atoms with Crippen LogP contribution in [0.15, 0.2) is 48.5 Å². The number of hydroxylamine groups is 1. The highest BCUT2D eigenvalue weighted by Gasteiger charge is 2.44. The van der Waals surface area contributed by atoms with Crippen LogP contribution in [0.1, 0.15) is 43.7 Å². The zero-order chi connectivity index (χ0) is 28.9. The van der Waals surface area contributed by atoms with Crippen molar-refractivity contribution in [2.45, 2.75) is 50.4 Å². The number of piperazine rings is 1. The SMILES string of the molecule is O=C([C@H](NC(=O)N(OC(=O)C(F)(F)F)c1ccc(Cl)cc1)c1ccc(O)cc1)N1CCN(C2CCCCC2)CC1. The predicted octanol–water partition coefficient (Wildman–Crippen LogP) is 4.80. The summed E-state index contributed by atoms with van der Waals surface area (Å²) >= 11 is 5.86. The Kier molecular flexibility index (Phi) is 9.41. The van der Waals surface area contributed by atoms with Crippen LogP contribution in [0, 0.1) is 0 Å². The summed E-state index contributed by atoms with van der Waals surface area (Å²) in [5.41, 5.74) is 0.0570. The minimum Gasteiger partial charge on any atom is -0.508 e. The zero-order valence-corrected chi connectivity index (χ0v) is 22.3. The second-order valence-corrected chi connectivity index (χ2v) is 10.2. The smallest absolute Gasteiger partial charge is 0.493 e. The second-order valence-electron chi connectivity index (χ2n) is 9.77. The minimum absolute atomic E-state index is 0.0794. The summed E-state index contributed by atoms with van der Waals surface area (Å²) in [4.78, 5) is 47.0. The van der Waals surface area contributed by atoms with Gasteiger partial charge in [-0.25, -0.2) is 9.59 Å². The van der Waals surface area contributed by atoms with Gasteiger partial charge in [0, 0.05) is 37.2 Å². The van der Waals surface area contributed by atoms with E-state index in [0.717, 1.165) is 12.8 Å². The molecule has 216 valence electrons. The molecule has 2 aromatic rings. The molecule has 0 spiro atoms. The molecule has 13 heteroatoms. The third-order valence-corrected chi connectivity index (χ3v) is 7.36. The van der Waals surface area contributed by atoms with Crippen molar-refractivity contribution >= 4 is 35.2 Å². The topological polar surface area (TPSA) is 102 Å². The Morgan fingerprint density at radius 2 is 1.55 bits per heavy atom. The number of alkyl halides is 3. The van der Waals surface area contributed by atoms with Gasteiger partial charge in [-0.2, -0.15) is 13.2 Å². The fourth-order valence-electron chi connectivity index (χ4n) is 5.00. The molecule has 0 aromatic heterocycles. The number of carbonyl (C=O) groups excluding carboxylic acids is 3. The van der Waals surface area contributed by atoms with Crippen molar-refractivity contribution in [2.24, 2.45) is 0 Å². The van der Waals surface area contributed by atoms with Gasteiger partial charge in [0.1, 0.15) is 11.8 Å². The molecule has 40 heavy (non-hydrogen) atoms. The predicted molar refractivity (Wildman–Crippen MR) is 140 cm³/mol. The molecule has 9 nitrogen and oxygen atoms in total. The molecule has 0 bridgehead atoms. The van der Waals surface area contributed by atoms with E-state index in [1.165, 1.54) is 67.8 Å². The van der Waals surface area contributed by atoms with Gasteiger partial charge in [0.05, 0.1) is 5.69 Å². The van der Waals surface area contributed by atoms with E-state index in [9.17, 15) is 32.7 Å². The maximum Gasteiger partial charge on any atom is 0.493 e. The van der Waals surface area contributed by atoms with E-state index in [0.29, 0.717) is 32.2 Å². The first kappa shape index (κ1) is 29.5. The minimum atomic E-state index is -5.38. The maximum atomic E-state index is 13.7. The number of carbonyl (C=O) groups is 3. The Bertz CT molecular complexity index is 1180. The Balaban J connectivity index is 1.55. The molecular weight excluding hydrogens is 553 g/mol.